The largest absolute Gasteiger partial charge is 0.394 e. The van der Waals surface area contributed by atoms with Crippen LogP contribution in [-0.2, 0) is 4.79 Å². The molecule has 1 fully saturated rings. The van der Waals surface area contributed by atoms with Gasteiger partial charge in [-0.1, -0.05) is 22.9 Å². The molecular weight excluding hydrogens is 338 g/mol. The second-order valence-electron chi connectivity index (χ2n) is 5.30. The van der Waals surface area contributed by atoms with E-state index in [1.54, 1.807) is 11.8 Å². The molecular formula is C15H20BrNO2S. The second-order valence-corrected chi connectivity index (χ2v) is 7.23. The molecule has 0 saturated carbocycles. The lowest BCUT2D eigenvalue weighted by Gasteiger charge is -2.25. The average Bonchev–Trinajstić information content (AvgIpc) is 2.78. The van der Waals surface area contributed by atoms with Gasteiger partial charge in [0.15, 0.2) is 0 Å². The highest BCUT2D eigenvalue weighted by Crippen LogP contribution is 2.28. The minimum absolute atomic E-state index is 0.00545. The van der Waals surface area contributed by atoms with Crippen LogP contribution in [0.25, 0.3) is 0 Å². The number of thioether (sulfide) groups is 1. The first kappa shape index (κ1) is 15.9. The van der Waals surface area contributed by atoms with Gasteiger partial charge >= 0.3 is 0 Å². The van der Waals surface area contributed by atoms with Crippen molar-refractivity contribution < 1.29 is 9.90 Å². The number of aliphatic hydroxyl groups excluding tert-OH is 1. The molecule has 1 amide bonds. The van der Waals surface area contributed by atoms with Gasteiger partial charge in [0.2, 0.25) is 5.91 Å². The van der Waals surface area contributed by atoms with E-state index in [0.717, 1.165) is 22.3 Å². The SMILES string of the molecule is Cc1cc(Br)ccc1SCC(=O)N1CCC(C)C1CO. The van der Waals surface area contributed by atoms with E-state index >= 15 is 0 Å². The van der Waals surface area contributed by atoms with Crippen LogP contribution in [0.2, 0.25) is 0 Å². The Kier molecular flexibility index (Phi) is 5.52. The molecule has 1 aromatic carbocycles. The molecule has 110 valence electrons. The number of aliphatic hydroxyl groups is 1. The first-order valence-electron chi connectivity index (χ1n) is 6.82. The number of aryl methyl sites for hydroxylation is 1. The van der Waals surface area contributed by atoms with Crippen LogP contribution in [0.5, 0.6) is 0 Å². The summed E-state index contributed by atoms with van der Waals surface area (Å²) in [6, 6.07) is 6.08. The number of carbonyl (C=O) groups is 1. The van der Waals surface area contributed by atoms with Crippen LogP contribution in [0.15, 0.2) is 27.6 Å². The summed E-state index contributed by atoms with van der Waals surface area (Å²) in [5.41, 5.74) is 1.17. The Morgan fingerprint density at radius 1 is 1.55 bits per heavy atom. The molecule has 2 unspecified atom stereocenters. The van der Waals surface area contributed by atoms with Gasteiger partial charge in [-0.25, -0.2) is 0 Å². The molecule has 1 aromatic rings. The molecule has 1 heterocycles. The van der Waals surface area contributed by atoms with E-state index in [1.165, 1.54) is 5.56 Å². The van der Waals surface area contributed by atoms with Crippen molar-refractivity contribution in [1.29, 1.82) is 0 Å². The number of hydrogen-bond donors (Lipinski definition) is 1. The zero-order chi connectivity index (χ0) is 14.7. The van der Waals surface area contributed by atoms with E-state index in [0.29, 0.717) is 11.7 Å². The summed E-state index contributed by atoms with van der Waals surface area (Å²) in [6.45, 7) is 4.98. The molecule has 1 aliphatic heterocycles. The van der Waals surface area contributed by atoms with Crippen molar-refractivity contribution in [1.82, 2.24) is 4.90 Å². The van der Waals surface area contributed by atoms with E-state index in [4.69, 9.17) is 0 Å². The maximum atomic E-state index is 12.3. The van der Waals surface area contributed by atoms with Gasteiger partial charge in [-0.3, -0.25) is 4.79 Å². The van der Waals surface area contributed by atoms with Gasteiger partial charge in [-0.05, 0) is 43.0 Å². The molecule has 2 atom stereocenters. The molecule has 0 spiro atoms. The van der Waals surface area contributed by atoms with E-state index in [9.17, 15) is 9.90 Å². The second kappa shape index (κ2) is 6.96. The van der Waals surface area contributed by atoms with Crippen molar-refractivity contribution in [2.45, 2.75) is 31.2 Å². The molecule has 3 nitrogen and oxygen atoms in total. The molecule has 0 aromatic heterocycles. The average molecular weight is 358 g/mol. The van der Waals surface area contributed by atoms with Crippen molar-refractivity contribution in [2.24, 2.45) is 5.92 Å². The highest BCUT2D eigenvalue weighted by atomic mass is 79.9. The van der Waals surface area contributed by atoms with Gasteiger partial charge in [-0.2, -0.15) is 0 Å². The zero-order valence-corrected chi connectivity index (χ0v) is 14.2. The van der Waals surface area contributed by atoms with Gasteiger partial charge in [-0.15, -0.1) is 11.8 Å². The molecule has 20 heavy (non-hydrogen) atoms. The summed E-state index contributed by atoms with van der Waals surface area (Å²) in [6.07, 6.45) is 0.985. The van der Waals surface area contributed by atoms with Crippen LogP contribution in [0, 0.1) is 12.8 Å². The van der Waals surface area contributed by atoms with Crippen LogP contribution < -0.4 is 0 Å². The number of halogens is 1. The van der Waals surface area contributed by atoms with Gasteiger partial charge in [0.1, 0.15) is 0 Å². The molecule has 2 rings (SSSR count). The first-order chi connectivity index (χ1) is 9.52. The van der Waals surface area contributed by atoms with Crippen LogP contribution >= 0.6 is 27.7 Å². The number of benzene rings is 1. The lowest BCUT2D eigenvalue weighted by molar-refractivity contribution is -0.130. The van der Waals surface area contributed by atoms with Gasteiger partial charge in [0.05, 0.1) is 18.4 Å². The van der Waals surface area contributed by atoms with E-state index in [-0.39, 0.29) is 18.6 Å². The van der Waals surface area contributed by atoms with Crippen molar-refractivity contribution in [2.75, 3.05) is 18.9 Å². The summed E-state index contributed by atoms with van der Waals surface area (Å²) in [5, 5.41) is 9.41. The van der Waals surface area contributed by atoms with Crippen LogP contribution in [0.1, 0.15) is 18.9 Å². The van der Waals surface area contributed by atoms with Crippen molar-refractivity contribution in [3.05, 3.63) is 28.2 Å². The van der Waals surface area contributed by atoms with Crippen LogP contribution in [0.4, 0.5) is 0 Å². The van der Waals surface area contributed by atoms with Crippen LogP contribution in [0.3, 0.4) is 0 Å². The monoisotopic (exact) mass is 357 g/mol. The maximum Gasteiger partial charge on any atom is 0.233 e. The molecule has 0 radical (unpaired) electrons. The number of rotatable bonds is 4. The number of carbonyl (C=O) groups excluding carboxylic acids is 1. The number of nitrogens with zero attached hydrogens (tertiary/aromatic N) is 1. The summed E-state index contributed by atoms with van der Waals surface area (Å²) in [4.78, 5) is 15.3. The van der Waals surface area contributed by atoms with Crippen molar-refractivity contribution in [3.63, 3.8) is 0 Å². The smallest absolute Gasteiger partial charge is 0.233 e. The third kappa shape index (κ3) is 3.57. The topological polar surface area (TPSA) is 40.5 Å². The van der Waals surface area contributed by atoms with Gasteiger partial charge in [0.25, 0.3) is 0 Å². The normalized spacial score (nSPS) is 22.3. The lowest BCUT2D eigenvalue weighted by atomic mass is 10.0. The predicted octanol–water partition coefficient (Wildman–Crippen LogP) is 3.08. The number of hydrogen-bond acceptors (Lipinski definition) is 3. The Balaban J connectivity index is 1.95. The molecule has 0 bridgehead atoms. The Morgan fingerprint density at radius 3 is 2.95 bits per heavy atom. The zero-order valence-electron chi connectivity index (χ0n) is 11.8. The molecule has 1 saturated heterocycles. The summed E-state index contributed by atoms with van der Waals surface area (Å²) >= 11 is 5.01. The van der Waals surface area contributed by atoms with Gasteiger partial charge < -0.3 is 10.0 Å². The Labute approximate surface area is 132 Å². The van der Waals surface area contributed by atoms with Crippen molar-refractivity contribution in [3.8, 4) is 0 Å². The molecule has 0 aliphatic carbocycles. The highest BCUT2D eigenvalue weighted by Gasteiger charge is 2.33. The third-order valence-corrected chi connectivity index (χ3v) is 5.53. The summed E-state index contributed by atoms with van der Waals surface area (Å²) in [7, 11) is 0. The summed E-state index contributed by atoms with van der Waals surface area (Å²) < 4.78 is 1.05. The predicted molar refractivity (Wildman–Crippen MR) is 86.0 cm³/mol. The minimum atomic E-state index is -0.00545. The van der Waals surface area contributed by atoms with E-state index in [1.807, 2.05) is 24.0 Å². The maximum absolute atomic E-state index is 12.3. The standard InChI is InChI=1S/C15H20BrNO2S/c1-10-5-6-17(13(10)8-18)15(19)9-20-14-4-3-12(16)7-11(14)2/h3-4,7,10,13,18H,5-6,8-9H2,1-2H3. The fourth-order valence-electron chi connectivity index (χ4n) is 2.59. The number of likely N-dealkylation sites (tertiary alicyclic amines) is 1. The third-order valence-electron chi connectivity index (χ3n) is 3.88. The molecule has 1 N–H and O–H groups in total. The van der Waals surface area contributed by atoms with E-state index < -0.39 is 0 Å². The van der Waals surface area contributed by atoms with Crippen LogP contribution in [-0.4, -0.2) is 40.9 Å². The van der Waals surface area contributed by atoms with E-state index in [2.05, 4.69) is 28.9 Å². The quantitative estimate of drug-likeness (QED) is 0.841. The minimum Gasteiger partial charge on any atom is -0.394 e. The Morgan fingerprint density at radius 2 is 2.30 bits per heavy atom. The fraction of sp³-hybridized carbons (Fsp3) is 0.533. The Hall–Kier alpha value is -0.520. The highest BCUT2D eigenvalue weighted by molar-refractivity contribution is 9.10. The van der Waals surface area contributed by atoms with Crippen molar-refractivity contribution >= 4 is 33.6 Å². The molecule has 5 heteroatoms. The summed E-state index contributed by atoms with van der Waals surface area (Å²) in [5.74, 6) is 0.954. The number of amides is 1. The molecule has 1 aliphatic rings. The fourth-order valence-corrected chi connectivity index (χ4v) is 3.96. The lowest BCUT2D eigenvalue weighted by Crippen LogP contribution is -2.40. The first-order valence-corrected chi connectivity index (χ1v) is 8.60. The van der Waals surface area contributed by atoms with Gasteiger partial charge in [0, 0.05) is 15.9 Å². The Bertz CT molecular complexity index is 495.